The van der Waals surface area contributed by atoms with Gasteiger partial charge in [0.25, 0.3) is 0 Å². The number of hydrogen-bond donors (Lipinski definition) is 2. The van der Waals surface area contributed by atoms with Crippen molar-refractivity contribution in [1.29, 1.82) is 0 Å². The van der Waals surface area contributed by atoms with Crippen molar-refractivity contribution in [2.45, 2.75) is 46.0 Å². The van der Waals surface area contributed by atoms with Crippen molar-refractivity contribution >= 4 is 0 Å². The van der Waals surface area contributed by atoms with Crippen LogP contribution in [0.1, 0.15) is 46.0 Å². The van der Waals surface area contributed by atoms with E-state index in [1.807, 2.05) is 6.92 Å². The smallest absolute Gasteiger partial charge is 0.0459 e. The van der Waals surface area contributed by atoms with Crippen LogP contribution in [0.2, 0.25) is 0 Å². The van der Waals surface area contributed by atoms with Crippen LogP contribution in [0.15, 0.2) is 0 Å². The zero-order valence-electron chi connectivity index (χ0n) is 9.00. The Morgan fingerprint density at radius 1 is 1.00 bits per heavy atom. The van der Waals surface area contributed by atoms with Gasteiger partial charge in [0.2, 0.25) is 0 Å². The van der Waals surface area contributed by atoms with Gasteiger partial charge in [-0.1, -0.05) is 26.7 Å². The quantitative estimate of drug-likeness (QED) is 0.613. The highest BCUT2D eigenvalue weighted by Gasteiger charge is 2.08. The van der Waals surface area contributed by atoms with E-state index in [9.17, 15) is 0 Å². The maximum Gasteiger partial charge on any atom is 0.0459 e. The summed E-state index contributed by atoms with van der Waals surface area (Å²) in [6.07, 6.45) is 5.62. The van der Waals surface area contributed by atoms with E-state index in [-0.39, 0.29) is 6.61 Å². The summed E-state index contributed by atoms with van der Waals surface area (Å²) >= 11 is 0. The summed E-state index contributed by atoms with van der Waals surface area (Å²) in [5, 5.41) is 17.9. The second-order valence-corrected chi connectivity index (χ2v) is 4.06. The molecule has 0 aliphatic rings. The third kappa shape index (κ3) is 7.03. The van der Waals surface area contributed by atoms with Gasteiger partial charge in [-0.3, -0.25) is 0 Å². The van der Waals surface area contributed by atoms with Crippen LogP contribution in [-0.2, 0) is 0 Å². The minimum Gasteiger partial charge on any atom is -0.396 e. The van der Waals surface area contributed by atoms with E-state index >= 15 is 0 Å². The first-order valence-electron chi connectivity index (χ1n) is 5.46. The summed E-state index contributed by atoms with van der Waals surface area (Å²) in [5.41, 5.74) is 0. The Labute approximate surface area is 82.0 Å². The molecule has 0 fully saturated rings. The minimum absolute atomic E-state index is 0.270. The molecule has 80 valence electrons. The molecule has 0 amide bonds. The van der Waals surface area contributed by atoms with E-state index in [2.05, 4.69) is 6.92 Å². The summed E-state index contributed by atoms with van der Waals surface area (Å²) in [6.45, 7) is 4.79. The topological polar surface area (TPSA) is 40.5 Å². The Kier molecular flexibility index (Phi) is 8.46. The summed E-state index contributed by atoms with van der Waals surface area (Å²) in [5.74, 6) is 0.838. The number of aliphatic hydroxyl groups is 2. The molecule has 0 saturated carbocycles. The molecule has 2 atom stereocenters. The van der Waals surface area contributed by atoms with Gasteiger partial charge in [-0.15, -0.1) is 0 Å². The molecule has 0 rings (SSSR count). The zero-order valence-corrected chi connectivity index (χ0v) is 9.00. The van der Waals surface area contributed by atoms with Gasteiger partial charge in [0.1, 0.15) is 0 Å². The normalized spacial score (nSPS) is 15.7. The maximum atomic E-state index is 9.08. The summed E-state index contributed by atoms with van der Waals surface area (Å²) < 4.78 is 0. The van der Waals surface area contributed by atoms with Crippen LogP contribution >= 0.6 is 0 Å². The van der Waals surface area contributed by atoms with Gasteiger partial charge in [-0.2, -0.15) is 0 Å². The highest BCUT2D eigenvalue weighted by Crippen LogP contribution is 2.17. The predicted molar refractivity (Wildman–Crippen MR) is 55.6 cm³/mol. The van der Waals surface area contributed by atoms with Crippen molar-refractivity contribution < 1.29 is 10.2 Å². The molecule has 0 heterocycles. The van der Waals surface area contributed by atoms with Crippen LogP contribution in [0.3, 0.4) is 0 Å². The van der Waals surface area contributed by atoms with Crippen molar-refractivity contribution in [2.75, 3.05) is 13.2 Å². The van der Waals surface area contributed by atoms with Crippen LogP contribution in [0.5, 0.6) is 0 Å². The summed E-state index contributed by atoms with van der Waals surface area (Å²) in [4.78, 5) is 0. The van der Waals surface area contributed by atoms with E-state index in [0.717, 1.165) is 19.3 Å². The van der Waals surface area contributed by atoms with Gasteiger partial charge < -0.3 is 10.2 Å². The summed E-state index contributed by atoms with van der Waals surface area (Å²) in [7, 11) is 0. The standard InChI is InChI=1S/C11H24O2/c1-3-4-5-11(9-13)7-6-10(2)8-12/h10-13H,3-9H2,1-2H3. The van der Waals surface area contributed by atoms with Crippen LogP contribution in [-0.4, -0.2) is 23.4 Å². The second kappa shape index (κ2) is 8.52. The van der Waals surface area contributed by atoms with Gasteiger partial charge in [-0.05, 0) is 31.1 Å². The lowest BCUT2D eigenvalue weighted by molar-refractivity contribution is 0.182. The fraction of sp³-hybridized carbons (Fsp3) is 1.00. The molecule has 0 bridgehead atoms. The lowest BCUT2D eigenvalue weighted by Gasteiger charge is -2.15. The molecule has 2 nitrogen and oxygen atoms in total. The molecule has 0 aromatic rings. The van der Waals surface area contributed by atoms with Crippen LogP contribution in [0.4, 0.5) is 0 Å². The Balaban J connectivity index is 3.46. The monoisotopic (exact) mass is 188 g/mol. The molecule has 2 N–H and O–H groups in total. The second-order valence-electron chi connectivity index (χ2n) is 4.06. The fourth-order valence-electron chi connectivity index (χ4n) is 1.43. The highest BCUT2D eigenvalue weighted by molar-refractivity contribution is 4.60. The van der Waals surface area contributed by atoms with Crippen LogP contribution in [0.25, 0.3) is 0 Å². The molecule has 0 aromatic heterocycles. The van der Waals surface area contributed by atoms with Crippen molar-refractivity contribution in [3.8, 4) is 0 Å². The molecule has 2 heteroatoms. The Morgan fingerprint density at radius 3 is 2.15 bits per heavy atom. The largest absolute Gasteiger partial charge is 0.396 e. The van der Waals surface area contributed by atoms with Gasteiger partial charge in [0.05, 0.1) is 0 Å². The van der Waals surface area contributed by atoms with Gasteiger partial charge in [0.15, 0.2) is 0 Å². The van der Waals surface area contributed by atoms with Crippen molar-refractivity contribution in [2.24, 2.45) is 11.8 Å². The van der Waals surface area contributed by atoms with E-state index in [0.29, 0.717) is 18.4 Å². The van der Waals surface area contributed by atoms with Crippen molar-refractivity contribution in [3.63, 3.8) is 0 Å². The molecular weight excluding hydrogens is 164 g/mol. The molecule has 0 spiro atoms. The Morgan fingerprint density at radius 2 is 1.69 bits per heavy atom. The van der Waals surface area contributed by atoms with Crippen LogP contribution in [0, 0.1) is 11.8 Å². The van der Waals surface area contributed by atoms with E-state index in [1.165, 1.54) is 12.8 Å². The lowest BCUT2D eigenvalue weighted by atomic mass is 9.94. The number of unbranched alkanes of at least 4 members (excludes halogenated alkanes) is 1. The third-order valence-electron chi connectivity index (χ3n) is 2.60. The van der Waals surface area contributed by atoms with Gasteiger partial charge in [0, 0.05) is 13.2 Å². The molecule has 0 aliphatic heterocycles. The van der Waals surface area contributed by atoms with Crippen molar-refractivity contribution in [3.05, 3.63) is 0 Å². The fourth-order valence-corrected chi connectivity index (χ4v) is 1.43. The Bertz CT molecular complexity index is 104. The average Bonchev–Trinajstić information content (AvgIpc) is 2.17. The molecule has 0 aromatic carbocycles. The van der Waals surface area contributed by atoms with E-state index in [1.54, 1.807) is 0 Å². The number of rotatable bonds is 8. The maximum absolute atomic E-state index is 9.08. The van der Waals surface area contributed by atoms with E-state index in [4.69, 9.17) is 10.2 Å². The molecule has 0 radical (unpaired) electrons. The molecular formula is C11H24O2. The van der Waals surface area contributed by atoms with Gasteiger partial charge >= 0.3 is 0 Å². The van der Waals surface area contributed by atoms with Gasteiger partial charge in [-0.25, -0.2) is 0 Å². The minimum atomic E-state index is 0.270. The molecule has 2 unspecified atom stereocenters. The Hall–Kier alpha value is -0.0800. The first-order valence-corrected chi connectivity index (χ1v) is 5.46. The molecule has 0 aliphatic carbocycles. The SMILES string of the molecule is CCCCC(CO)CCC(C)CO. The predicted octanol–water partition coefficient (Wildman–Crippen LogP) is 2.19. The highest BCUT2D eigenvalue weighted by atomic mass is 16.3. The lowest BCUT2D eigenvalue weighted by Crippen LogP contribution is -2.09. The third-order valence-corrected chi connectivity index (χ3v) is 2.60. The average molecular weight is 188 g/mol. The number of aliphatic hydroxyl groups excluding tert-OH is 2. The number of hydrogen-bond acceptors (Lipinski definition) is 2. The van der Waals surface area contributed by atoms with Crippen LogP contribution < -0.4 is 0 Å². The zero-order chi connectivity index (χ0) is 10.1. The molecule has 0 saturated heterocycles. The molecule has 13 heavy (non-hydrogen) atoms. The first kappa shape index (κ1) is 12.9. The summed E-state index contributed by atoms with van der Waals surface area (Å²) in [6, 6.07) is 0. The van der Waals surface area contributed by atoms with E-state index < -0.39 is 0 Å². The first-order chi connectivity index (χ1) is 6.24. The van der Waals surface area contributed by atoms with Crippen molar-refractivity contribution in [1.82, 2.24) is 0 Å².